The molecule has 192 valence electrons. The molecule has 4 nitrogen and oxygen atoms in total. The number of benzene rings is 2. The van der Waals surface area contributed by atoms with Crippen LogP contribution >= 0.6 is 0 Å². The van der Waals surface area contributed by atoms with Gasteiger partial charge in [0.15, 0.2) is 5.43 Å². The largest absolute Gasteiger partial charge is 0.380 e. The first kappa shape index (κ1) is 26.2. The van der Waals surface area contributed by atoms with E-state index in [1.807, 2.05) is 54.7 Å². The number of ether oxygens (including phenoxy) is 1. The second-order valence-corrected chi connectivity index (χ2v) is 9.85. The predicted octanol–water partition coefficient (Wildman–Crippen LogP) is 7.87. The summed E-state index contributed by atoms with van der Waals surface area (Å²) in [5.74, 6) is -0.350. The van der Waals surface area contributed by atoms with Crippen LogP contribution in [0.15, 0.2) is 59.5 Å². The number of nitrogens with one attached hydrogen (secondary N) is 1. The van der Waals surface area contributed by atoms with Crippen LogP contribution in [0.1, 0.15) is 82.4 Å². The Hall–Kier alpha value is -2.92. The van der Waals surface area contributed by atoms with Gasteiger partial charge in [0.1, 0.15) is 5.82 Å². The first-order valence-electron chi connectivity index (χ1n) is 13.5. The molecule has 1 saturated carbocycles. The monoisotopic (exact) mass is 490 g/mol. The van der Waals surface area contributed by atoms with Crippen molar-refractivity contribution < 1.29 is 9.13 Å². The Balaban J connectivity index is 1.56. The summed E-state index contributed by atoms with van der Waals surface area (Å²) in [4.78, 5) is 13.4. The molecule has 5 heteroatoms. The maximum atomic E-state index is 15.2. The molecule has 0 saturated heterocycles. The Labute approximate surface area is 214 Å². The second-order valence-electron chi connectivity index (χ2n) is 9.85. The lowest BCUT2D eigenvalue weighted by molar-refractivity contribution is 0.125. The number of fused-ring (bicyclic) bond motifs is 1. The smallest absolute Gasteiger partial charge is 0.196 e. The molecule has 4 rings (SSSR count). The highest BCUT2D eigenvalue weighted by atomic mass is 19.1. The molecule has 1 heterocycles. The normalized spacial score (nSPS) is 14.8. The van der Waals surface area contributed by atoms with Crippen molar-refractivity contribution in [3.05, 3.63) is 81.9 Å². The minimum atomic E-state index is -0.350. The Bertz CT molecular complexity index is 1210. The highest BCUT2D eigenvalue weighted by molar-refractivity contribution is 5.85. The van der Waals surface area contributed by atoms with Crippen molar-refractivity contribution in [3.63, 3.8) is 0 Å². The van der Waals surface area contributed by atoms with Gasteiger partial charge in [-0.2, -0.15) is 0 Å². The van der Waals surface area contributed by atoms with Crippen LogP contribution in [0.4, 0.5) is 10.1 Å². The zero-order chi connectivity index (χ0) is 25.3. The topological polar surface area (TPSA) is 43.3 Å². The van der Waals surface area contributed by atoms with Crippen LogP contribution in [-0.2, 0) is 11.3 Å². The summed E-state index contributed by atoms with van der Waals surface area (Å²) in [5.41, 5.74) is 2.91. The van der Waals surface area contributed by atoms with Gasteiger partial charge in [0.2, 0.25) is 0 Å². The third kappa shape index (κ3) is 6.44. The third-order valence-electron chi connectivity index (χ3n) is 7.29. The summed E-state index contributed by atoms with van der Waals surface area (Å²) in [6.07, 6.45) is 14.1. The van der Waals surface area contributed by atoms with Crippen LogP contribution in [0.3, 0.4) is 0 Å². The quantitative estimate of drug-likeness (QED) is 0.278. The van der Waals surface area contributed by atoms with E-state index in [-0.39, 0.29) is 17.3 Å². The molecule has 0 radical (unpaired) electrons. The first-order chi connectivity index (χ1) is 17.6. The molecule has 2 aromatic carbocycles. The zero-order valence-corrected chi connectivity index (χ0v) is 21.6. The van der Waals surface area contributed by atoms with Gasteiger partial charge >= 0.3 is 0 Å². The van der Waals surface area contributed by atoms with Crippen LogP contribution in [0.2, 0.25) is 0 Å². The number of rotatable bonds is 11. The Morgan fingerprint density at radius 2 is 1.86 bits per heavy atom. The van der Waals surface area contributed by atoms with Gasteiger partial charge in [0.25, 0.3) is 0 Å². The lowest BCUT2D eigenvalue weighted by Crippen LogP contribution is -2.23. The molecular weight excluding hydrogens is 451 g/mol. The van der Waals surface area contributed by atoms with Crippen molar-refractivity contribution in [1.29, 1.82) is 0 Å². The number of halogens is 1. The van der Waals surface area contributed by atoms with E-state index in [0.29, 0.717) is 42.3 Å². The van der Waals surface area contributed by atoms with E-state index >= 15 is 4.39 Å². The summed E-state index contributed by atoms with van der Waals surface area (Å²) in [5, 5.41) is 3.87. The first-order valence-corrected chi connectivity index (χ1v) is 13.5. The molecule has 0 atom stereocenters. The number of hydrogen-bond acceptors (Lipinski definition) is 3. The fraction of sp³-hybridized carbons (Fsp3) is 0.452. The van der Waals surface area contributed by atoms with Crippen molar-refractivity contribution in [2.45, 2.75) is 83.9 Å². The van der Waals surface area contributed by atoms with Gasteiger partial charge in [-0.15, -0.1) is 0 Å². The number of anilines is 1. The maximum absolute atomic E-state index is 15.2. The molecule has 36 heavy (non-hydrogen) atoms. The Kier molecular flexibility index (Phi) is 9.35. The average molecular weight is 491 g/mol. The highest BCUT2D eigenvalue weighted by Crippen LogP contribution is 2.29. The van der Waals surface area contributed by atoms with Crippen LogP contribution in [0.25, 0.3) is 17.0 Å². The summed E-state index contributed by atoms with van der Waals surface area (Å²) < 4.78 is 23.1. The van der Waals surface area contributed by atoms with Gasteiger partial charge < -0.3 is 14.6 Å². The molecule has 1 N–H and O–H groups in total. The SMILES string of the molecule is CCC(CC)n1cc(C=CCCOCc2ccccc2)c(=O)c2cc(F)c(NC3CCCCC3)cc21. The summed E-state index contributed by atoms with van der Waals surface area (Å²) >= 11 is 0. The van der Waals surface area contributed by atoms with Crippen LogP contribution in [-0.4, -0.2) is 17.2 Å². The molecule has 0 amide bonds. The van der Waals surface area contributed by atoms with Crippen LogP contribution in [0.5, 0.6) is 0 Å². The predicted molar refractivity (Wildman–Crippen MR) is 148 cm³/mol. The van der Waals surface area contributed by atoms with Gasteiger partial charge in [-0.25, -0.2) is 4.39 Å². The number of aromatic nitrogens is 1. The fourth-order valence-electron chi connectivity index (χ4n) is 5.20. The number of hydrogen-bond donors (Lipinski definition) is 1. The Morgan fingerprint density at radius 3 is 2.58 bits per heavy atom. The molecular formula is C31H39FN2O2. The van der Waals surface area contributed by atoms with E-state index in [9.17, 15) is 4.79 Å². The summed E-state index contributed by atoms with van der Waals surface area (Å²) in [6, 6.07) is 13.9. The molecule has 0 spiro atoms. The zero-order valence-electron chi connectivity index (χ0n) is 21.6. The van der Waals surface area contributed by atoms with Gasteiger partial charge in [-0.3, -0.25) is 4.79 Å². The number of nitrogens with zero attached hydrogens (tertiary/aromatic N) is 1. The van der Waals surface area contributed by atoms with E-state index in [1.165, 1.54) is 25.3 Å². The Morgan fingerprint density at radius 1 is 1.11 bits per heavy atom. The van der Waals surface area contributed by atoms with Gasteiger partial charge in [-0.05, 0) is 49.8 Å². The molecule has 0 bridgehead atoms. The van der Waals surface area contributed by atoms with E-state index in [2.05, 4.69) is 23.7 Å². The lowest BCUT2D eigenvalue weighted by Gasteiger charge is -2.25. The minimum absolute atomic E-state index is 0.128. The fourth-order valence-corrected chi connectivity index (χ4v) is 5.20. The van der Waals surface area contributed by atoms with Crippen molar-refractivity contribution in [2.24, 2.45) is 0 Å². The van der Waals surface area contributed by atoms with E-state index in [0.717, 1.165) is 36.8 Å². The van der Waals surface area contributed by atoms with E-state index < -0.39 is 0 Å². The molecule has 3 aromatic rings. The average Bonchev–Trinajstić information content (AvgIpc) is 2.91. The van der Waals surface area contributed by atoms with E-state index in [1.54, 1.807) is 0 Å². The third-order valence-corrected chi connectivity index (χ3v) is 7.29. The highest BCUT2D eigenvalue weighted by Gasteiger charge is 2.19. The minimum Gasteiger partial charge on any atom is -0.380 e. The summed E-state index contributed by atoms with van der Waals surface area (Å²) in [7, 11) is 0. The molecule has 1 aliphatic rings. The van der Waals surface area contributed by atoms with Crippen molar-refractivity contribution in [2.75, 3.05) is 11.9 Å². The van der Waals surface area contributed by atoms with Gasteiger partial charge in [0, 0.05) is 29.2 Å². The van der Waals surface area contributed by atoms with Crippen LogP contribution < -0.4 is 10.7 Å². The van der Waals surface area contributed by atoms with Crippen molar-refractivity contribution in [3.8, 4) is 0 Å². The number of pyridine rings is 1. The van der Waals surface area contributed by atoms with E-state index in [4.69, 9.17) is 4.74 Å². The molecule has 1 aliphatic carbocycles. The molecule has 0 aliphatic heterocycles. The standard InChI is InChI=1S/C31H39FN2O2/c1-3-26(4-2)34-21-24(15-11-12-18-36-22-23-13-7-5-8-14-23)31(35)27-19-28(32)29(20-30(27)34)33-25-16-9-6-10-17-25/h5,7-8,11,13-15,19-21,25-26,33H,3-4,6,9-10,12,16-18,22H2,1-2H3. The second kappa shape index (κ2) is 12.9. The molecule has 1 aromatic heterocycles. The van der Waals surface area contributed by atoms with Gasteiger partial charge in [-0.1, -0.05) is 75.6 Å². The maximum Gasteiger partial charge on any atom is 0.196 e. The molecule has 0 unspecified atom stereocenters. The molecule has 1 fully saturated rings. The van der Waals surface area contributed by atoms with Crippen molar-refractivity contribution >= 4 is 22.7 Å². The summed E-state index contributed by atoms with van der Waals surface area (Å²) in [6.45, 7) is 5.46. The van der Waals surface area contributed by atoms with Gasteiger partial charge in [0.05, 0.1) is 24.4 Å². The van der Waals surface area contributed by atoms with Crippen molar-refractivity contribution in [1.82, 2.24) is 4.57 Å². The van der Waals surface area contributed by atoms with Crippen LogP contribution in [0, 0.1) is 5.82 Å². The lowest BCUT2D eigenvalue weighted by atomic mass is 9.95.